The van der Waals surface area contributed by atoms with Gasteiger partial charge in [-0.25, -0.2) is 0 Å². The maximum absolute atomic E-state index is 9.21. The van der Waals surface area contributed by atoms with E-state index in [9.17, 15) is 10.2 Å². The number of hydrogen-bond acceptors (Lipinski definition) is 4. The summed E-state index contributed by atoms with van der Waals surface area (Å²) < 4.78 is 5.51. The van der Waals surface area contributed by atoms with Crippen LogP contribution in [-0.2, 0) is 4.74 Å². The minimum atomic E-state index is -0.475. The highest BCUT2D eigenvalue weighted by Crippen LogP contribution is 2.20. The Morgan fingerprint density at radius 3 is 2.00 bits per heavy atom. The van der Waals surface area contributed by atoms with Gasteiger partial charge in [0.05, 0.1) is 19.8 Å². The van der Waals surface area contributed by atoms with E-state index in [1.165, 1.54) is 0 Å². The zero-order valence-corrected chi connectivity index (χ0v) is 11.0. The standard InChI is InChI=1S/C13H28O4/c1-2-13(10-15,11-16)12-17-9-7-5-3-4-6-8-14/h14-16H,2-12H2,1H3. The van der Waals surface area contributed by atoms with Crippen molar-refractivity contribution in [1.82, 2.24) is 0 Å². The lowest BCUT2D eigenvalue weighted by atomic mass is 9.88. The molecule has 0 heterocycles. The van der Waals surface area contributed by atoms with Gasteiger partial charge in [-0.15, -0.1) is 0 Å². The first-order chi connectivity index (χ1) is 8.24. The van der Waals surface area contributed by atoms with Crippen LogP contribution >= 0.6 is 0 Å². The van der Waals surface area contributed by atoms with E-state index in [2.05, 4.69) is 0 Å². The molecule has 0 saturated carbocycles. The van der Waals surface area contributed by atoms with Gasteiger partial charge >= 0.3 is 0 Å². The van der Waals surface area contributed by atoms with Crippen LogP contribution < -0.4 is 0 Å². The summed E-state index contributed by atoms with van der Waals surface area (Å²) in [7, 11) is 0. The first-order valence-corrected chi connectivity index (χ1v) is 6.65. The maximum Gasteiger partial charge on any atom is 0.0566 e. The molecule has 0 fully saturated rings. The van der Waals surface area contributed by atoms with Crippen LogP contribution in [0.15, 0.2) is 0 Å². The average Bonchev–Trinajstić information content (AvgIpc) is 2.38. The van der Waals surface area contributed by atoms with Crippen molar-refractivity contribution >= 4 is 0 Å². The molecular weight excluding hydrogens is 220 g/mol. The summed E-state index contributed by atoms with van der Waals surface area (Å²) in [6.07, 6.45) is 5.91. The SMILES string of the molecule is CCC(CO)(CO)COCCCCCCCO. The topological polar surface area (TPSA) is 69.9 Å². The van der Waals surface area contributed by atoms with Crippen molar-refractivity contribution in [3.05, 3.63) is 0 Å². The Morgan fingerprint density at radius 1 is 0.882 bits per heavy atom. The summed E-state index contributed by atoms with van der Waals surface area (Å²) >= 11 is 0. The second-order valence-corrected chi connectivity index (χ2v) is 4.71. The van der Waals surface area contributed by atoms with Crippen LogP contribution in [0.25, 0.3) is 0 Å². The van der Waals surface area contributed by atoms with Crippen molar-refractivity contribution in [1.29, 1.82) is 0 Å². The second-order valence-electron chi connectivity index (χ2n) is 4.71. The Bertz CT molecular complexity index is 149. The van der Waals surface area contributed by atoms with E-state index < -0.39 is 5.41 Å². The van der Waals surface area contributed by atoms with Crippen molar-refractivity contribution in [3.63, 3.8) is 0 Å². The Balaban J connectivity index is 3.43. The third-order valence-electron chi connectivity index (χ3n) is 3.28. The van der Waals surface area contributed by atoms with Crippen molar-refractivity contribution in [2.24, 2.45) is 5.41 Å². The van der Waals surface area contributed by atoms with Gasteiger partial charge in [-0.2, -0.15) is 0 Å². The number of rotatable bonds is 12. The molecule has 0 atom stereocenters. The van der Waals surface area contributed by atoms with Crippen LogP contribution in [0.5, 0.6) is 0 Å². The van der Waals surface area contributed by atoms with Gasteiger partial charge in [-0.3, -0.25) is 0 Å². The highest BCUT2D eigenvalue weighted by atomic mass is 16.5. The number of ether oxygens (including phenoxy) is 1. The zero-order valence-electron chi connectivity index (χ0n) is 11.0. The van der Waals surface area contributed by atoms with Gasteiger partial charge in [0.1, 0.15) is 0 Å². The first kappa shape index (κ1) is 16.8. The fourth-order valence-electron chi connectivity index (χ4n) is 1.60. The number of aliphatic hydroxyl groups is 3. The van der Waals surface area contributed by atoms with Crippen LogP contribution in [0, 0.1) is 5.41 Å². The predicted molar refractivity (Wildman–Crippen MR) is 67.9 cm³/mol. The molecule has 0 aromatic heterocycles. The highest BCUT2D eigenvalue weighted by Gasteiger charge is 2.26. The maximum atomic E-state index is 9.21. The van der Waals surface area contributed by atoms with Gasteiger partial charge in [0.2, 0.25) is 0 Å². The van der Waals surface area contributed by atoms with Gasteiger partial charge in [0.25, 0.3) is 0 Å². The quantitative estimate of drug-likeness (QED) is 0.456. The third kappa shape index (κ3) is 7.71. The van der Waals surface area contributed by atoms with E-state index in [-0.39, 0.29) is 19.8 Å². The lowest BCUT2D eigenvalue weighted by Gasteiger charge is -2.27. The molecule has 0 unspecified atom stereocenters. The molecular formula is C13H28O4. The molecule has 0 aliphatic carbocycles. The number of aliphatic hydroxyl groups excluding tert-OH is 3. The van der Waals surface area contributed by atoms with Gasteiger partial charge in [0.15, 0.2) is 0 Å². The molecule has 0 radical (unpaired) electrons. The van der Waals surface area contributed by atoms with Crippen LogP contribution in [0.4, 0.5) is 0 Å². The molecule has 0 amide bonds. The molecule has 0 aliphatic rings. The molecule has 0 aromatic rings. The molecule has 0 aliphatic heterocycles. The molecule has 104 valence electrons. The fourth-order valence-corrected chi connectivity index (χ4v) is 1.60. The minimum absolute atomic E-state index is 0.0312. The van der Waals surface area contributed by atoms with Gasteiger partial charge in [-0.1, -0.05) is 26.2 Å². The van der Waals surface area contributed by atoms with E-state index in [4.69, 9.17) is 9.84 Å². The summed E-state index contributed by atoms with van der Waals surface area (Å²) in [5.74, 6) is 0. The molecule has 0 bridgehead atoms. The fraction of sp³-hybridized carbons (Fsp3) is 1.00. The van der Waals surface area contributed by atoms with Gasteiger partial charge in [0, 0.05) is 18.6 Å². The smallest absolute Gasteiger partial charge is 0.0566 e. The summed E-state index contributed by atoms with van der Waals surface area (Å²) in [6.45, 7) is 3.27. The monoisotopic (exact) mass is 248 g/mol. The van der Waals surface area contributed by atoms with Crippen LogP contribution in [0.1, 0.15) is 45.4 Å². The summed E-state index contributed by atoms with van der Waals surface area (Å²) in [5.41, 5.74) is -0.475. The summed E-state index contributed by atoms with van der Waals surface area (Å²) in [5, 5.41) is 27.0. The Labute approximate surface area is 105 Å². The molecule has 17 heavy (non-hydrogen) atoms. The molecule has 0 saturated heterocycles. The number of unbranched alkanes of at least 4 members (excludes halogenated alkanes) is 4. The highest BCUT2D eigenvalue weighted by molar-refractivity contribution is 4.75. The van der Waals surface area contributed by atoms with E-state index in [1.54, 1.807) is 0 Å². The molecule has 0 rings (SSSR count). The molecule has 0 aromatic carbocycles. The normalized spacial score (nSPS) is 12.0. The molecule has 4 heteroatoms. The minimum Gasteiger partial charge on any atom is -0.396 e. The van der Waals surface area contributed by atoms with E-state index in [0.717, 1.165) is 38.5 Å². The van der Waals surface area contributed by atoms with Crippen LogP contribution in [-0.4, -0.2) is 48.4 Å². The zero-order chi connectivity index (χ0) is 13.0. The third-order valence-corrected chi connectivity index (χ3v) is 3.28. The molecule has 3 N–H and O–H groups in total. The number of hydrogen-bond donors (Lipinski definition) is 3. The second kappa shape index (κ2) is 11.0. The average molecular weight is 248 g/mol. The lowest BCUT2D eigenvalue weighted by molar-refractivity contribution is -0.0306. The predicted octanol–water partition coefficient (Wildman–Crippen LogP) is 1.33. The largest absolute Gasteiger partial charge is 0.396 e. The van der Waals surface area contributed by atoms with E-state index in [0.29, 0.717) is 13.2 Å². The first-order valence-electron chi connectivity index (χ1n) is 6.65. The molecule has 4 nitrogen and oxygen atoms in total. The van der Waals surface area contributed by atoms with Crippen LogP contribution in [0.2, 0.25) is 0 Å². The summed E-state index contributed by atoms with van der Waals surface area (Å²) in [4.78, 5) is 0. The van der Waals surface area contributed by atoms with Crippen molar-refractivity contribution in [3.8, 4) is 0 Å². The van der Waals surface area contributed by atoms with Gasteiger partial charge < -0.3 is 20.1 Å². The van der Waals surface area contributed by atoms with E-state index >= 15 is 0 Å². The Kier molecular flexibility index (Phi) is 10.9. The van der Waals surface area contributed by atoms with Crippen LogP contribution in [0.3, 0.4) is 0 Å². The van der Waals surface area contributed by atoms with Crippen molar-refractivity contribution < 1.29 is 20.1 Å². The Morgan fingerprint density at radius 2 is 1.47 bits per heavy atom. The van der Waals surface area contributed by atoms with Gasteiger partial charge in [-0.05, 0) is 19.3 Å². The lowest BCUT2D eigenvalue weighted by Crippen LogP contribution is -2.34. The van der Waals surface area contributed by atoms with E-state index in [1.807, 2.05) is 6.92 Å². The Hall–Kier alpha value is -0.160. The van der Waals surface area contributed by atoms with Crippen molar-refractivity contribution in [2.45, 2.75) is 45.4 Å². The molecule has 0 spiro atoms. The summed E-state index contributed by atoms with van der Waals surface area (Å²) in [6, 6.07) is 0. The van der Waals surface area contributed by atoms with Crippen molar-refractivity contribution in [2.75, 3.05) is 33.0 Å².